The van der Waals surface area contributed by atoms with Crippen LogP contribution in [0.1, 0.15) is 52.9 Å². The largest absolute Gasteiger partial charge is 0.375 e. The van der Waals surface area contributed by atoms with Gasteiger partial charge in [0.1, 0.15) is 8.42 Å². The Morgan fingerprint density at radius 2 is 1.05 bits per heavy atom. The number of benzene rings is 2. The number of aromatic nitrogens is 4. The summed E-state index contributed by atoms with van der Waals surface area (Å²) in [6, 6.07) is 13.2. The van der Waals surface area contributed by atoms with Gasteiger partial charge < -0.3 is 9.47 Å². The van der Waals surface area contributed by atoms with E-state index in [2.05, 4.69) is 0 Å². The summed E-state index contributed by atoms with van der Waals surface area (Å²) in [6.07, 6.45) is 4.62. The van der Waals surface area contributed by atoms with Crippen molar-refractivity contribution in [2.24, 2.45) is 0 Å². The maximum Gasteiger partial charge on any atom is 0.304 e. The van der Waals surface area contributed by atoms with E-state index in [-0.39, 0.29) is 21.6 Å². The molecule has 2 aliphatic rings. The first-order valence-corrected chi connectivity index (χ1v) is 23.7. The highest BCUT2D eigenvalue weighted by atomic mass is 35.5. The van der Waals surface area contributed by atoms with Crippen LogP contribution in [0.25, 0.3) is 32.5 Å². The molecule has 4 aromatic heterocycles. The van der Waals surface area contributed by atoms with Crippen molar-refractivity contribution < 1.29 is 35.4 Å². The molecule has 0 amide bonds. The Morgan fingerprint density at radius 1 is 0.632 bits per heavy atom. The Bertz CT molecular complexity index is 2570. The third-order valence-electron chi connectivity index (χ3n) is 9.72. The van der Waals surface area contributed by atoms with E-state index < -0.39 is 20.2 Å². The van der Waals surface area contributed by atoms with E-state index in [0.29, 0.717) is 109 Å². The molecule has 0 spiro atoms. The number of rotatable bonds is 12. The van der Waals surface area contributed by atoms with Crippen molar-refractivity contribution in [3.05, 3.63) is 102 Å². The second-order valence-electron chi connectivity index (χ2n) is 13.5. The molecular weight excluding hydrogens is 899 g/mol. The third kappa shape index (κ3) is 8.34. The van der Waals surface area contributed by atoms with Crippen LogP contribution in [0.2, 0.25) is 20.1 Å². The molecule has 0 fully saturated rings. The van der Waals surface area contributed by atoms with Crippen molar-refractivity contribution in [3.63, 3.8) is 0 Å². The zero-order chi connectivity index (χ0) is 40.2. The molecule has 6 aromatic rings. The minimum atomic E-state index is -4.41. The van der Waals surface area contributed by atoms with E-state index in [4.69, 9.17) is 66.1 Å². The van der Waals surface area contributed by atoms with Crippen LogP contribution in [0.5, 0.6) is 0 Å². The SMILES string of the molecule is O=S(=O)(O)c1cc2c(s1)-c1c(c(COCCCOCc3nn(-c4ccc(Cl)cc4Cl)c4c3CCCc3cc(S(=O)(=O)O)sc3-4)nn1-c1ccc(Cl)cc1Cl)CCC2. The maximum atomic E-state index is 12.1. The van der Waals surface area contributed by atoms with E-state index in [0.717, 1.165) is 57.8 Å². The van der Waals surface area contributed by atoms with Gasteiger partial charge in [0.25, 0.3) is 0 Å². The first-order valence-electron chi connectivity index (χ1n) is 17.7. The van der Waals surface area contributed by atoms with Gasteiger partial charge in [-0.05, 0) is 105 Å². The molecule has 2 N–H and O–H groups in total. The Balaban J connectivity index is 0.994. The van der Waals surface area contributed by atoms with Crippen molar-refractivity contribution in [3.8, 4) is 32.5 Å². The number of ether oxygens (including phenoxy) is 2. The molecular formula is C37H32Cl4N4O8S4. The predicted molar refractivity (Wildman–Crippen MR) is 221 cm³/mol. The molecule has 0 atom stereocenters. The number of hydrogen-bond acceptors (Lipinski definition) is 10. The molecule has 2 aliphatic carbocycles. The number of halogens is 4. The number of thiophene rings is 2. The lowest BCUT2D eigenvalue weighted by Gasteiger charge is -2.10. The standard InChI is InChI=1S/C37H32Cl4N4O8S4/c38-22-8-10-30(26(40)16-22)44-34-24(6-1-4-20-14-32(54-36(20)34)56(46,47)48)28(42-44)18-52-12-3-13-53-19-29-25-7-2-5-21-15-33(57(49,50)51)55-37(21)35(25)45(43-29)31-11-9-23(39)17-27(31)41/h8-11,14-17H,1-7,12-13,18-19H2,(H,46,47,48)(H,49,50,51). The molecule has 8 rings (SSSR count). The van der Waals surface area contributed by atoms with E-state index in [9.17, 15) is 25.9 Å². The first kappa shape index (κ1) is 40.9. The molecule has 57 heavy (non-hydrogen) atoms. The van der Waals surface area contributed by atoms with E-state index in [1.165, 1.54) is 12.1 Å². The molecule has 0 bridgehead atoms. The zero-order valence-corrected chi connectivity index (χ0v) is 36.0. The fourth-order valence-corrected chi connectivity index (χ4v) is 12.1. The summed E-state index contributed by atoms with van der Waals surface area (Å²) >= 11 is 27.7. The summed E-state index contributed by atoms with van der Waals surface area (Å²) in [7, 11) is -8.82. The van der Waals surface area contributed by atoms with Crippen LogP contribution in [-0.4, -0.2) is 58.7 Å². The monoisotopic (exact) mass is 928 g/mol. The molecule has 0 aliphatic heterocycles. The minimum absolute atomic E-state index is 0.132. The van der Waals surface area contributed by atoms with Crippen LogP contribution in [0.15, 0.2) is 56.9 Å². The van der Waals surface area contributed by atoms with Gasteiger partial charge in [-0.15, -0.1) is 22.7 Å². The second kappa shape index (κ2) is 16.3. The minimum Gasteiger partial charge on any atom is -0.375 e. The molecule has 300 valence electrons. The molecule has 20 heteroatoms. The number of fused-ring (bicyclic) bond motifs is 6. The van der Waals surface area contributed by atoms with Crippen LogP contribution >= 0.6 is 69.1 Å². The quantitative estimate of drug-likeness (QED) is 0.0893. The van der Waals surface area contributed by atoms with Crippen LogP contribution in [-0.2, 0) is 68.6 Å². The van der Waals surface area contributed by atoms with Crippen molar-refractivity contribution >= 4 is 89.3 Å². The summed E-state index contributed by atoms with van der Waals surface area (Å²) in [6.45, 7) is 1.07. The fourth-order valence-electron chi connectivity index (χ4n) is 7.21. The van der Waals surface area contributed by atoms with Crippen LogP contribution in [0.4, 0.5) is 0 Å². The van der Waals surface area contributed by atoms with Gasteiger partial charge in [0.15, 0.2) is 0 Å². The molecule has 0 saturated carbocycles. The van der Waals surface area contributed by atoms with Gasteiger partial charge in [-0.1, -0.05) is 46.4 Å². The maximum absolute atomic E-state index is 12.1. The Labute approximate surface area is 356 Å². The van der Waals surface area contributed by atoms with Crippen molar-refractivity contribution in [2.75, 3.05) is 13.2 Å². The fraction of sp³-hybridized carbons (Fsp3) is 0.297. The average Bonchev–Trinajstić information content (AvgIpc) is 3.87. The highest BCUT2D eigenvalue weighted by Crippen LogP contribution is 2.45. The number of nitrogens with zero attached hydrogens (tertiary/aromatic N) is 4. The Hall–Kier alpha value is -2.84. The summed E-state index contributed by atoms with van der Waals surface area (Å²) in [5.74, 6) is 0. The molecule has 0 radical (unpaired) electrons. The molecule has 2 aromatic carbocycles. The van der Waals surface area contributed by atoms with Crippen LogP contribution < -0.4 is 0 Å². The van der Waals surface area contributed by atoms with Gasteiger partial charge in [-0.25, -0.2) is 9.36 Å². The van der Waals surface area contributed by atoms with Gasteiger partial charge in [0, 0.05) is 34.4 Å². The summed E-state index contributed by atoms with van der Waals surface area (Å²) < 4.78 is 83.5. The zero-order valence-electron chi connectivity index (χ0n) is 29.7. The topological polar surface area (TPSA) is 163 Å². The molecule has 12 nitrogen and oxygen atoms in total. The van der Waals surface area contributed by atoms with Crippen LogP contribution in [0, 0.1) is 0 Å². The lowest BCUT2D eigenvalue weighted by molar-refractivity contribution is 0.0667. The van der Waals surface area contributed by atoms with Crippen molar-refractivity contribution in [1.82, 2.24) is 19.6 Å². The normalized spacial score (nSPS) is 14.1. The lowest BCUT2D eigenvalue weighted by atomic mass is 10.1. The van der Waals surface area contributed by atoms with Gasteiger partial charge in [-0.2, -0.15) is 27.0 Å². The molecule has 4 heterocycles. The van der Waals surface area contributed by atoms with Crippen molar-refractivity contribution in [2.45, 2.75) is 66.6 Å². The summed E-state index contributed by atoms with van der Waals surface area (Å²) in [5, 5.41) is 11.5. The lowest BCUT2D eigenvalue weighted by Crippen LogP contribution is -2.05. The Kier molecular flexibility index (Phi) is 11.7. The third-order valence-corrected chi connectivity index (χ3v) is 15.8. The van der Waals surface area contributed by atoms with E-state index in [1.807, 2.05) is 0 Å². The molecule has 0 unspecified atom stereocenters. The van der Waals surface area contributed by atoms with Gasteiger partial charge >= 0.3 is 20.2 Å². The first-order chi connectivity index (χ1) is 27.2. The van der Waals surface area contributed by atoms with E-state index in [1.54, 1.807) is 45.8 Å². The van der Waals surface area contributed by atoms with Crippen molar-refractivity contribution in [1.29, 1.82) is 0 Å². The molecule has 0 saturated heterocycles. The average molecular weight is 931 g/mol. The second-order valence-corrected chi connectivity index (χ2v) is 20.6. The number of hydrogen-bond donors (Lipinski definition) is 2. The van der Waals surface area contributed by atoms with Crippen LogP contribution in [0.3, 0.4) is 0 Å². The summed E-state index contributed by atoms with van der Waals surface area (Å²) in [4.78, 5) is 1.39. The highest BCUT2D eigenvalue weighted by Gasteiger charge is 2.31. The van der Waals surface area contributed by atoms with Gasteiger partial charge in [-0.3, -0.25) is 9.11 Å². The summed E-state index contributed by atoms with van der Waals surface area (Å²) in [5.41, 5.74) is 7.35. The van der Waals surface area contributed by atoms with Gasteiger partial charge in [0.2, 0.25) is 0 Å². The predicted octanol–water partition coefficient (Wildman–Crippen LogP) is 9.72. The van der Waals surface area contributed by atoms with E-state index >= 15 is 0 Å². The highest BCUT2D eigenvalue weighted by molar-refractivity contribution is 7.88. The van der Waals surface area contributed by atoms with Gasteiger partial charge in [0.05, 0.1) is 67.2 Å². The smallest absolute Gasteiger partial charge is 0.304 e. The Morgan fingerprint density at radius 3 is 1.44 bits per heavy atom. The number of aryl methyl sites for hydroxylation is 2.